The van der Waals surface area contributed by atoms with E-state index >= 15 is 0 Å². The molecule has 0 aromatic heterocycles. The lowest BCUT2D eigenvalue weighted by Gasteiger charge is -2.19. The van der Waals surface area contributed by atoms with Gasteiger partial charge in [0.2, 0.25) is 18.0 Å². The Balaban J connectivity index is 2.05. The van der Waals surface area contributed by atoms with Gasteiger partial charge in [-0.15, -0.1) is 5.10 Å². The minimum absolute atomic E-state index is 0.00621. The summed E-state index contributed by atoms with van der Waals surface area (Å²) in [4.78, 5) is 33.9. The number of non-ortho nitro benzene ring substituents is 1. The number of ether oxygens (including phenoxy) is 2. The van der Waals surface area contributed by atoms with E-state index in [4.69, 9.17) is 9.47 Å². The van der Waals surface area contributed by atoms with Crippen LogP contribution in [0, 0.1) is 10.1 Å². The van der Waals surface area contributed by atoms with Crippen LogP contribution in [-0.2, 0) is 14.3 Å². The SMILES string of the molecule is CC(=O)Oc1ccc([N+](=O)[O-])cc1C1=NN(C(C)=O)[C@@H](c2ccc(O)cc2)O1. The second-order valence-corrected chi connectivity index (χ2v) is 5.86. The molecule has 1 aliphatic heterocycles. The quantitative estimate of drug-likeness (QED) is 0.370. The maximum absolute atomic E-state index is 12.0. The molecule has 144 valence electrons. The van der Waals surface area contributed by atoms with E-state index in [0.29, 0.717) is 5.56 Å². The second kappa shape index (κ2) is 7.35. The third kappa shape index (κ3) is 3.75. The summed E-state index contributed by atoms with van der Waals surface area (Å²) in [6, 6.07) is 9.53. The first-order valence-electron chi connectivity index (χ1n) is 8.07. The Morgan fingerprint density at radius 1 is 1.21 bits per heavy atom. The molecule has 2 aromatic carbocycles. The number of phenolic OH excluding ortho intramolecular Hbond substituents is 1. The summed E-state index contributed by atoms with van der Waals surface area (Å²) >= 11 is 0. The Bertz CT molecular complexity index is 985. The lowest BCUT2D eigenvalue weighted by Crippen LogP contribution is -2.25. The fraction of sp³-hybridized carbons (Fsp3) is 0.167. The van der Waals surface area contributed by atoms with Crippen molar-refractivity contribution < 1.29 is 29.1 Å². The molecule has 0 bridgehead atoms. The number of carbonyl (C=O) groups is 2. The van der Waals surface area contributed by atoms with Crippen LogP contribution in [0.2, 0.25) is 0 Å². The largest absolute Gasteiger partial charge is 0.508 e. The summed E-state index contributed by atoms with van der Waals surface area (Å²) in [5.41, 5.74) is 0.308. The van der Waals surface area contributed by atoms with Gasteiger partial charge in [-0.3, -0.25) is 19.7 Å². The predicted molar refractivity (Wildman–Crippen MR) is 95.4 cm³/mol. The summed E-state index contributed by atoms with van der Waals surface area (Å²) in [5, 5.41) is 25.7. The molecule has 0 spiro atoms. The number of nitrogens with zero attached hydrogens (tertiary/aromatic N) is 3. The molecule has 1 heterocycles. The number of esters is 1. The molecule has 1 N–H and O–H groups in total. The maximum Gasteiger partial charge on any atom is 0.308 e. The van der Waals surface area contributed by atoms with Gasteiger partial charge in [0.05, 0.1) is 10.5 Å². The van der Waals surface area contributed by atoms with Gasteiger partial charge in [-0.1, -0.05) is 0 Å². The number of amides is 1. The van der Waals surface area contributed by atoms with Gasteiger partial charge in [-0.25, -0.2) is 0 Å². The van der Waals surface area contributed by atoms with Crippen LogP contribution < -0.4 is 4.74 Å². The lowest BCUT2D eigenvalue weighted by molar-refractivity contribution is -0.384. The monoisotopic (exact) mass is 385 g/mol. The highest BCUT2D eigenvalue weighted by atomic mass is 16.6. The zero-order valence-electron chi connectivity index (χ0n) is 14.9. The molecule has 1 atom stereocenters. The molecule has 10 nitrogen and oxygen atoms in total. The second-order valence-electron chi connectivity index (χ2n) is 5.86. The Morgan fingerprint density at radius 2 is 1.89 bits per heavy atom. The fourth-order valence-corrected chi connectivity index (χ4v) is 2.57. The van der Waals surface area contributed by atoms with Gasteiger partial charge in [-0.2, -0.15) is 5.01 Å². The van der Waals surface area contributed by atoms with Crippen molar-refractivity contribution in [1.29, 1.82) is 0 Å². The van der Waals surface area contributed by atoms with Gasteiger partial charge in [0, 0.05) is 31.5 Å². The van der Waals surface area contributed by atoms with Crippen molar-refractivity contribution in [3.63, 3.8) is 0 Å². The Labute approximate surface area is 158 Å². The van der Waals surface area contributed by atoms with E-state index in [1.54, 1.807) is 12.1 Å². The van der Waals surface area contributed by atoms with Gasteiger partial charge < -0.3 is 14.6 Å². The molecule has 0 unspecified atom stereocenters. The lowest BCUT2D eigenvalue weighted by atomic mass is 10.1. The average molecular weight is 385 g/mol. The number of nitro groups is 1. The predicted octanol–water partition coefficient (Wildman–Crippen LogP) is 2.46. The molecular formula is C18H15N3O7. The summed E-state index contributed by atoms with van der Waals surface area (Å²) < 4.78 is 10.8. The number of phenols is 1. The summed E-state index contributed by atoms with van der Waals surface area (Å²) in [6.45, 7) is 2.47. The van der Waals surface area contributed by atoms with Crippen LogP contribution in [-0.4, -0.2) is 32.8 Å². The molecule has 3 rings (SSSR count). The van der Waals surface area contributed by atoms with Crippen LogP contribution in [0.25, 0.3) is 0 Å². The standard InChI is InChI=1S/C18H15N3O7/c1-10(22)20-18(12-3-6-14(24)7-4-12)28-17(19-20)15-9-13(21(25)26)5-8-16(15)27-11(2)23/h3-9,18,24H,1-2H3/t18-/m1/s1. The van der Waals surface area contributed by atoms with Crippen LogP contribution in [0.1, 0.15) is 31.2 Å². The molecular weight excluding hydrogens is 370 g/mol. The van der Waals surface area contributed by atoms with Crippen LogP contribution in [0.3, 0.4) is 0 Å². The average Bonchev–Trinajstić information content (AvgIpc) is 3.07. The van der Waals surface area contributed by atoms with Crippen molar-refractivity contribution in [1.82, 2.24) is 5.01 Å². The summed E-state index contributed by atoms with van der Waals surface area (Å²) in [7, 11) is 0. The van der Waals surface area contributed by atoms with Crippen molar-refractivity contribution in [3.8, 4) is 11.5 Å². The molecule has 0 radical (unpaired) electrons. The van der Waals surface area contributed by atoms with Crippen LogP contribution in [0.4, 0.5) is 5.69 Å². The number of hydrazone groups is 1. The number of aromatic hydroxyl groups is 1. The van der Waals surface area contributed by atoms with Gasteiger partial charge in [0.1, 0.15) is 11.5 Å². The molecule has 0 aliphatic carbocycles. The number of rotatable bonds is 4. The van der Waals surface area contributed by atoms with E-state index in [2.05, 4.69) is 5.10 Å². The Hall–Kier alpha value is -3.95. The molecule has 28 heavy (non-hydrogen) atoms. The van der Waals surface area contributed by atoms with Gasteiger partial charge in [0.15, 0.2) is 0 Å². The van der Waals surface area contributed by atoms with Gasteiger partial charge in [-0.05, 0) is 30.3 Å². The fourth-order valence-electron chi connectivity index (χ4n) is 2.57. The first-order valence-corrected chi connectivity index (χ1v) is 8.07. The maximum atomic E-state index is 12.0. The molecule has 1 amide bonds. The Kier molecular flexibility index (Phi) is 4.94. The first-order chi connectivity index (χ1) is 13.3. The summed E-state index contributed by atoms with van der Waals surface area (Å²) in [6.07, 6.45) is -0.947. The van der Waals surface area contributed by atoms with Crippen molar-refractivity contribution >= 4 is 23.5 Å². The number of hydrogen-bond donors (Lipinski definition) is 1. The van der Waals surface area contributed by atoms with E-state index < -0.39 is 23.0 Å². The van der Waals surface area contributed by atoms with Crippen molar-refractivity contribution in [3.05, 3.63) is 63.7 Å². The first kappa shape index (κ1) is 18.8. The number of nitro benzene ring substituents is 1. The molecule has 0 saturated heterocycles. The Morgan fingerprint density at radius 3 is 2.46 bits per heavy atom. The van der Waals surface area contributed by atoms with E-state index in [9.17, 15) is 24.8 Å². The minimum atomic E-state index is -0.947. The third-order valence-electron chi connectivity index (χ3n) is 3.80. The topological polar surface area (TPSA) is 132 Å². The molecule has 10 heteroatoms. The number of carbonyl (C=O) groups excluding carboxylic acids is 2. The summed E-state index contributed by atoms with van der Waals surface area (Å²) in [5.74, 6) is -1.15. The minimum Gasteiger partial charge on any atom is -0.508 e. The molecule has 2 aromatic rings. The van der Waals surface area contributed by atoms with Crippen molar-refractivity contribution in [2.45, 2.75) is 20.1 Å². The number of benzene rings is 2. The smallest absolute Gasteiger partial charge is 0.308 e. The third-order valence-corrected chi connectivity index (χ3v) is 3.80. The van der Waals surface area contributed by atoms with Gasteiger partial charge in [0.25, 0.3) is 5.69 Å². The van der Waals surface area contributed by atoms with Crippen molar-refractivity contribution in [2.75, 3.05) is 0 Å². The molecule has 1 aliphatic rings. The van der Waals surface area contributed by atoms with Crippen LogP contribution >= 0.6 is 0 Å². The van der Waals surface area contributed by atoms with E-state index in [1.807, 2.05) is 0 Å². The van der Waals surface area contributed by atoms with E-state index in [0.717, 1.165) is 11.1 Å². The highest BCUT2D eigenvalue weighted by Gasteiger charge is 2.35. The van der Waals surface area contributed by atoms with Gasteiger partial charge >= 0.3 is 5.97 Å². The molecule has 0 fully saturated rings. The van der Waals surface area contributed by atoms with E-state index in [-0.39, 0.29) is 28.6 Å². The zero-order chi connectivity index (χ0) is 20.4. The van der Waals surface area contributed by atoms with E-state index in [1.165, 1.54) is 38.1 Å². The molecule has 0 saturated carbocycles. The zero-order valence-corrected chi connectivity index (χ0v) is 14.9. The highest BCUT2D eigenvalue weighted by molar-refractivity contribution is 6.00. The van der Waals surface area contributed by atoms with Crippen molar-refractivity contribution in [2.24, 2.45) is 5.10 Å². The van der Waals surface area contributed by atoms with Crippen LogP contribution in [0.15, 0.2) is 47.6 Å². The van der Waals surface area contributed by atoms with Crippen LogP contribution in [0.5, 0.6) is 11.5 Å². The normalized spacial score (nSPS) is 15.6. The number of hydrogen-bond acceptors (Lipinski definition) is 8. The highest BCUT2D eigenvalue weighted by Crippen LogP contribution is 2.34.